The summed E-state index contributed by atoms with van der Waals surface area (Å²) in [5.41, 5.74) is 3.04. The molecule has 0 unspecified atom stereocenters. The van der Waals surface area contributed by atoms with E-state index in [4.69, 9.17) is 0 Å². The Morgan fingerprint density at radius 1 is 1.11 bits per heavy atom. The molecular weight excluding hydrogens is 230 g/mol. The van der Waals surface area contributed by atoms with Crippen LogP contribution >= 0.6 is 0 Å². The summed E-state index contributed by atoms with van der Waals surface area (Å²) in [4.78, 5) is 2.26. The fourth-order valence-electron chi connectivity index (χ4n) is 3.04. The molecule has 1 saturated carbocycles. The highest BCUT2D eigenvalue weighted by Gasteiger charge is 2.18. The van der Waals surface area contributed by atoms with E-state index in [9.17, 15) is 0 Å². The molecule has 1 aliphatic rings. The maximum Gasteiger partial charge on any atom is 0.00100 e. The van der Waals surface area contributed by atoms with Gasteiger partial charge in [0.05, 0.1) is 0 Å². The lowest BCUT2D eigenvalue weighted by atomic mass is 9.80. The highest BCUT2D eigenvalue weighted by Crippen LogP contribution is 2.35. The van der Waals surface area contributed by atoms with E-state index in [2.05, 4.69) is 55.4 Å². The lowest BCUT2D eigenvalue weighted by molar-refractivity contribution is 0.413. The fourth-order valence-corrected chi connectivity index (χ4v) is 3.04. The molecule has 1 aromatic carbocycles. The van der Waals surface area contributed by atoms with Gasteiger partial charge in [-0.05, 0) is 50.4 Å². The molecular formula is C18H27N. The van der Waals surface area contributed by atoms with Crippen molar-refractivity contribution in [2.45, 2.75) is 38.5 Å². The molecule has 0 aromatic heterocycles. The van der Waals surface area contributed by atoms with Gasteiger partial charge < -0.3 is 4.90 Å². The van der Waals surface area contributed by atoms with E-state index >= 15 is 0 Å². The van der Waals surface area contributed by atoms with Gasteiger partial charge in [0.2, 0.25) is 0 Å². The first-order chi connectivity index (χ1) is 9.27. The largest absolute Gasteiger partial charge is 0.309 e. The van der Waals surface area contributed by atoms with E-state index in [-0.39, 0.29) is 0 Å². The van der Waals surface area contributed by atoms with Gasteiger partial charge >= 0.3 is 0 Å². The second-order valence-corrected chi connectivity index (χ2v) is 5.95. The van der Waals surface area contributed by atoms with Crippen LogP contribution in [-0.2, 0) is 0 Å². The van der Waals surface area contributed by atoms with Gasteiger partial charge in [-0.2, -0.15) is 0 Å². The Labute approximate surface area is 118 Å². The summed E-state index contributed by atoms with van der Waals surface area (Å²) in [6, 6.07) is 11.0. The molecule has 0 spiro atoms. The molecule has 0 bridgehead atoms. The van der Waals surface area contributed by atoms with Crippen molar-refractivity contribution < 1.29 is 0 Å². The van der Waals surface area contributed by atoms with Gasteiger partial charge in [0.25, 0.3) is 0 Å². The van der Waals surface area contributed by atoms with Crippen molar-refractivity contribution >= 4 is 5.57 Å². The summed E-state index contributed by atoms with van der Waals surface area (Å²) in [6.07, 6.45) is 10.6. The highest BCUT2D eigenvalue weighted by atomic mass is 15.0. The van der Waals surface area contributed by atoms with Crippen LogP contribution in [0, 0.1) is 5.92 Å². The first-order valence-corrected chi connectivity index (χ1v) is 7.67. The maximum atomic E-state index is 2.49. The molecule has 0 saturated heterocycles. The average molecular weight is 257 g/mol. The number of hydrogen-bond acceptors (Lipinski definition) is 1. The van der Waals surface area contributed by atoms with Gasteiger partial charge in [0, 0.05) is 6.54 Å². The zero-order valence-electron chi connectivity index (χ0n) is 12.4. The van der Waals surface area contributed by atoms with Gasteiger partial charge in [-0.15, -0.1) is 0 Å². The quantitative estimate of drug-likeness (QED) is 0.745. The minimum Gasteiger partial charge on any atom is -0.309 e. The van der Waals surface area contributed by atoms with Gasteiger partial charge in [-0.3, -0.25) is 0 Å². The predicted octanol–water partition coefficient (Wildman–Crippen LogP) is 4.60. The molecule has 0 N–H and O–H groups in total. The molecule has 0 aliphatic heterocycles. The van der Waals surface area contributed by atoms with Crippen molar-refractivity contribution in [3.8, 4) is 0 Å². The van der Waals surface area contributed by atoms with Crippen LogP contribution < -0.4 is 0 Å². The van der Waals surface area contributed by atoms with E-state index in [1.807, 2.05) is 0 Å². The van der Waals surface area contributed by atoms with Gasteiger partial charge in [-0.25, -0.2) is 0 Å². The second-order valence-electron chi connectivity index (χ2n) is 5.95. The lowest BCUT2D eigenvalue weighted by Gasteiger charge is -2.25. The van der Waals surface area contributed by atoms with E-state index in [1.54, 1.807) is 5.57 Å². The third-order valence-corrected chi connectivity index (χ3v) is 4.09. The summed E-state index contributed by atoms with van der Waals surface area (Å²) < 4.78 is 0. The number of nitrogens with zero attached hydrogens (tertiary/aromatic N) is 1. The van der Waals surface area contributed by atoms with Crippen molar-refractivity contribution in [2.24, 2.45) is 5.92 Å². The Morgan fingerprint density at radius 3 is 2.42 bits per heavy atom. The first kappa shape index (κ1) is 14.3. The Balaban J connectivity index is 2.12. The third-order valence-electron chi connectivity index (χ3n) is 4.09. The standard InChI is InChI=1S/C18H27N/c1-19(2)15-9-14-18(16-10-5-3-6-11-16)17-12-7-4-8-13-17/h3,5-6,10-11,14,17H,4,7-9,12-13,15H2,1-2H3/b18-14-. The number of hydrogen-bond donors (Lipinski definition) is 0. The van der Waals surface area contributed by atoms with Gasteiger partial charge in [-0.1, -0.05) is 55.7 Å². The summed E-state index contributed by atoms with van der Waals surface area (Å²) in [7, 11) is 4.30. The topological polar surface area (TPSA) is 3.24 Å². The highest BCUT2D eigenvalue weighted by molar-refractivity contribution is 5.67. The van der Waals surface area contributed by atoms with Crippen molar-refractivity contribution in [3.63, 3.8) is 0 Å². The van der Waals surface area contributed by atoms with Crippen LogP contribution in [-0.4, -0.2) is 25.5 Å². The predicted molar refractivity (Wildman–Crippen MR) is 84.2 cm³/mol. The summed E-state index contributed by atoms with van der Waals surface area (Å²) in [5.74, 6) is 0.790. The molecule has 1 fully saturated rings. The minimum atomic E-state index is 0.790. The molecule has 1 aromatic rings. The monoisotopic (exact) mass is 257 g/mol. The van der Waals surface area contributed by atoms with Crippen LogP contribution in [0.15, 0.2) is 36.4 Å². The average Bonchev–Trinajstić information content (AvgIpc) is 2.45. The van der Waals surface area contributed by atoms with Gasteiger partial charge in [0.1, 0.15) is 0 Å². The maximum absolute atomic E-state index is 2.49. The van der Waals surface area contributed by atoms with Crippen LogP contribution in [0.1, 0.15) is 44.1 Å². The Hall–Kier alpha value is -1.08. The van der Waals surface area contributed by atoms with E-state index in [1.165, 1.54) is 37.7 Å². The summed E-state index contributed by atoms with van der Waals surface area (Å²) in [5, 5.41) is 0. The Morgan fingerprint density at radius 2 is 1.79 bits per heavy atom. The normalized spacial score (nSPS) is 17.9. The molecule has 0 atom stereocenters. The number of benzene rings is 1. The van der Waals surface area contributed by atoms with Crippen molar-refractivity contribution in [2.75, 3.05) is 20.6 Å². The molecule has 2 rings (SSSR count). The van der Waals surface area contributed by atoms with Crippen molar-refractivity contribution in [1.29, 1.82) is 0 Å². The smallest absolute Gasteiger partial charge is 0.00100 e. The van der Waals surface area contributed by atoms with Crippen LogP contribution in [0.3, 0.4) is 0 Å². The number of rotatable bonds is 5. The fraction of sp³-hybridized carbons (Fsp3) is 0.556. The zero-order valence-corrected chi connectivity index (χ0v) is 12.4. The summed E-state index contributed by atoms with van der Waals surface area (Å²) in [6.45, 7) is 1.14. The van der Waals surface area contributed by atoms with Crippen LogP contribution in [0.2, 0.25) is 0 Å². The summed E-state index contributed by atoms with van der Waals surface area (Å²) >= 11 is 0. The molecule has 0 heterocycles. The van der Waals surface area contributed by atoms with Crippen LogP contribution in [0.4, 0.5) is 0 Å². The van der Waals surface area contributed by atoms with Gasteiger partial charge in [0.15, 0.2) is 0 Å². The van der Waals surface area contributed by atoms with E-state index in [0.29, 0.717) is 0 Å². The third kappa shape index (κ3) is 4.50. The van der Waals surface area contributed by atoms with Crippen LogP contribution in [0.5, 0.6) is 0 Å². The minimum absolute atomic E-state index is 0.790. The first-order valence-electron chi connectivity index (χ1n) is 7.67. The number of allylic oxidation sites excluding steroid dienone is 1. The van der Waals surface area contributed by atoms with Crippen LogP contribution in [0.25, 0.3) is 5.57 Å². The molecule has 19 heavy (non-hydrogen) atoms. The second kappa shape index (κ2) is 7.49. The van der Waals surface area contributed by atoms with E-state index in [0.717, 1.165) is 18.9 Å². The lowest BCUT2D eigenvalue weighted by Crippen LogP contribution is -2.13. The van der Waals surface area contributed by atoms with Crippen molar-refractivity contribution in [3.05, 3.63) is 42.0 Å². The molecule has 1 nitrogen and oxygen atoms in total. The SMILES string of the molecule is CN(C)CC/C=C(/c1ccccc1)C1CCCCC1. The van der Waals surface area contributed by atoms with E-state index < -0.39 is 0 Å². The molecule has 0 radical (unpaired) electrons. The molecule has 1 aliphatic carbocycles. The Kier molecular flexibility index (Phi) is 5.65. The van der Waals surface area contributed by atoms with Crippen molar-refractivity contribution in [1.82, 2.24) is 4.90 Å². The Bertz CT molecular complexity index is 385. The molecule has 0 amide bonds. The molecule has 104 valence electrons. The zero-order chi connectivity index (χ0) is 13.5. The molecule has 1 heteroatoms.